The van der Waals surface area contributed by atoms with Gasteiger partial charge in [-0.25, -0.2) is 0 Å². The second-order valence-electron chi connectivity index (χ2n) is 5.58. The van der Waals surface area contributed by atoms with Gasteiger partial charge in [0.25, 0.3) is 0 Å². The van der Waals surface area contributed by atoms with E-state index in [-0.39, 0.29) is 24.0 Å². The summed E-state index contributed by atoms with van der Waals surface area (Å²) in [6.45, 7) is 9.79. The van der Waals surface area contributed by atoms with Crippen LogP contribution >= 0.6 is 24.0 Å². The zero-order valence-electron chi connectivity index (χ0n) is 14.2. The minimum Gasteiger partial charge on any atom is -0.357 e. The Morgan fingerprint density at radius 3 is 2.70 bits per heavy atom. The lowest BCUT2D eigenvalue weighted by atomic mass is 10.1. The average Bonchev–Trinajstić information content (AvgIpc) is 2.94. The highest BCUT2D eigenvalue weighted by atomic mass is 127. The molecule has 1 saturated heterocycles. The summed E-state index contributed by atoms with van der Waals surface area (Å²) in [7, 11) is 0. The molecule has 132 valence electrons. The number of hydrogen-bond acceptors (Lipinski definition) is 5. The molecule has 0 unspecified atom stereocenters. The van der Waals surface area contributed by atoms with Crippen molar-refractivity contribution in [3.63, 3.8) is 0 Å². The van der Waals surface area contributed by atoms with Crippen LogP contribution < -0.4 is 10.6 Å². The zero-order valence-corrected chi connectivity index (χ0v) is 16.5. The molecule has 23 heavy (non-hydrogen) atoms. The predicted molar refractivity (Wildman–Crippen MR) is 102 cm³/mol. The van der Waals surface area contributed by atoms with E-state index in [4.69, 9.17) is 4.52 Å². The lowest BCUT2D eigenvalue weighted by molar-refractivity contribution is 0.235. The van der Waals surface area contributed by atoms with Gasteiger partial charge in [-0.3, -0.25) is 4.99 Å². The third-order valence-electron chi connectivity index (χ3n) is 3.68. The molecule has 0 spiro atoms. The average molecular weight is 436 g/mol. The van der Waals surface area contributed by atoms with E-state index in [0.717, 1.165) is 32.1 Å². The molecular formula is C15H29IN6O. The Bertz CT molecular complexity index is 459. The quantitative estimate of drug-likeness (QED) is 0.384. The summed E-state index contributed by atoms with van der Waals surface area (Å²) < 4.78 is 5.10. The van der Waals surface area contributed by atoms with E-state index >= 15 is 0 Å². The van der Waals surface area contributed by atoms with Crippen LogP contribution in [0.15, 0.2) is 9.52 Å². The van der Waals surface area contributed by atoms with Crippen LogP contribution in [0.4, 0.5) is 0 Å². The number of piperidine rings is 1. The molecule has 2 N–H and O–H groups in total. The van der Waals surface area contributed by atoms with Crippen molar-refractivity contribution in [2.75, 3.05) is 39.3 Å². The van der Waals surface area contributed by atoms with E-state index in [1.165, 1.54) is 32.4 Å². The van der Waals surface area contributed by atoms with Gasteiger partial charge in [0.2, 0.25) is 5.89 Å². The second kappa shape index (κ2) is 11.6. The Kier molecular flexibility index (Phi) is 10.2. The summed E-state index contributed by atoms with van der Waals surface area (Å²) in [4.78, 5) is 11.3. The van der Waals surface area contributed by atoms with E-state index < -0.39 is 0 Å². The normalized spacial score (nSPS) is 16.0. The van der Waals surface area contributed by atoms with Gasteiger partial charge in [-0.2, -0.15) is 4.98 Å². The molecule has 8 heteroatoms. The Morgan fingerprint density at radius 1 is 1.26 bits per heavy atom. The fourth-order valence-electron chi connectivity index (χ4n) is 2.56. The fourth-order valence-corrected chi connectivity index (χ4v) is 2.56. The van der Waals surface area contributed by atoms with Gasteiger partial charge in [0, 0.05) is 26.1 Å². The molecule has 1 aromatic heterocycles. The predicted octanol–water partition coefficient (Wildman–Crippen LogP) is 1.58. The molecule has 0 aromatic carbocycles. The van der Waals surface area contributed by atoms with Crippen LogP contribution in [0.5, 0.6) is 0 Å². The van der Waals surface area contributed by atoms with Crippen molar-refractivity contribution in [3.8, 4) is 0 Å². The van der Waals surface area contributed by atoms with Crippen LogP contribution in [0.2, 0.25) is 0 Å². The minimum absolute atomic E-state index is 0. The maximum atomic E-state index is 5.10. The van der Waals surface area contributed by atoms with Crippen molar-refractivity contribution in [2.45, 2.75) is 39.5 Å². The Hall–Kier alpha value is -0.900. The van der Waals surface area contributed by atoms with Crippen LogP contribution in [0, 0.1) is 6.92 Å². The number of nitrogens with one attached hydrogen (secondary N) is 2. The molecule has 0 bridgehead atoms. The van der Waals surface area contributed by atoms with Crippen molar-refractivity contribution in [1.82, 2.24) is 25.7 Å². The van der Waals surface area contributed by atoms with Gasteiger partial charge in [-0.05, 0) is 39.8 Å². The molecule has 1 aliphatic heterocycles. The SMILES string of the molecule is CCNC(=NCCN1CCCCC1)NCCc1nc(C)no1.I. The molecular weight excluding hydrogens is 407 g/mol. The Labute approximate surface area is 155 Å². The van der Waals surface area contributed by atoms with E-state index in [1.807, 2.05) is 6.92 Å². The van der Waals surface area contributed by atoms with Crippen molar-refractivity contribution < 1.29 is 4.52 Å². The third-order valence-corrected chi connectivity index (χ3v) is 3.68. The Morgan fingerprint density at radius 2 is 2.04 bits per heavy atom. The number of nitrogens with zero attached hydrogens (tertiary/aromatic N) is 4. The molecule has 0 amide bonds. The molecule has 0 aliphatic carbocycles. The van der Waals surface area contributed by atoms with Crippen LogP contribution in [-0.4, -0.2) is 60.3 Å². The number of halogens is 1. The first-order valence-corrected chi connectivity index (χ1v) is 8.31. The van der Waals surface area contributed by atoms with Gasteiger partial charge >= 0.3 is 0 Å². The lowest BCUT2D eigenvalue weighted by Gasteiger charge is -2.25. The zero-order chi connectivity index (χ0) is 15.6. The number of guanidine groups is 1. The monoisotopic (exact) mass is 436 g/mol. The Balaban J connectivity index is 0.00000264. The molecule has 1 aliphatic rings. The highest BCUT2D eigenvalue weighted by Gasteiger charge is 2.09. The van der Waals surface area contributed by atoms with Gasteiger partial charge in [-0.15, -0.1) is 24.0 Å². The summed E-state index contributed by atoms with van der Waals surface area (Å²) in [6, 6.07) is 0. The first kappa shape index (κ1) is 20.1. The number of aliphatic imine (C=N–C) groups is 1. The minimum atomic E-state index is 0. The van der Waals surface area contributed by atoms with Gasteiger partial charge in [-0.1, -0.05) is 11.6 Å². The number of likely N-dealkylation sites (tertiary alicyclic amines) is 1. The van der Waals surface area contributed by atoms with Crippen molar-refractivity contribution in [3.05, 3.63) is 11.7 Å². The van der Waals surface area contributed by atoms with E-state index in [1.54, 1.807) is 0 Å². The van der Waals surface area contributed by atoms with Crippen LogP contribution in [0.25, 0.3) is 0 Å². The highest BCUT2D eigenvalue weighted by Crippen LogP contribution is 2.07. The maximum absolute atomic E-state index is 5.10. The van der Waals surface area contributed by atoms with Crippen molar-refractivity contribution in [1.29, 1.82) is 0 Å². The van der Waals surface area contributed by atoms with Crippen molar-refractivity contribution >= 4 is 29.9 Å². The largest absolute Gasteiger partial charge is 0.357 e. The molecule has 2 rings (SSSR count). The first-order chi connectivity index (χ1) is 10.8. The highest BCUT2D eigenvalue weighted by molar-refractivity contribution is 14.0. The molecule has 0 saturated carbocycles. The molecule has 7 nitrogen and oxygen atoms in total. The molecule has 0 atom stereocenters. The van der Waals surface area contributed by atoms with Crippen molar-refractivity contribution in [2.24, 2.45) is 4.99 Å². The van der Waals surface area contributed by atoms with E-state index in [9.17, 15) is 0 Å². The number of aryl methyl sites for hydroxylation is 1. The third kappa shape index (κ3) is 7.96. The second-order valence-corrected chi connectivity index (χ2v) is 5.58. The summed E-state index contributed by atoms with van der Waals surface area (Å²) in [5, 5.41) is 10.4. The van der Waals surface area contributed by atoms with Gasteiger partial charge < -0.3 is 20.1 Å². The van der Waals surface area contributed by atoms with E-state index in [0.29, 0.717) is 18.1 Å². The van der Waals surface area contributed by atoms with Gasteiger partial charge in [0.05, 0.1) is 6.54 Å². The fraction of sp³-hybridized carbons (Fsp3) is 0.800. The number of aromatic nitrogens is 2. The van der Waals surface area contributed by atoms with E-state index in [2.05, 4.69) is 37.6 Å². The lowest BCUT2D eigenvalue weighted by Crippen LogP contribution is -2.39. The first-order valence-electron chi connectivity index (χ1n) is 8.31. The molecule has 1 aromatic rings. The smallest absolute Gasteiger partial charge is 0.228 e. The molecule has 0 radical (unpaired) electrons. The van der Waals surface area contributed by atoms with Crippen LogP contribution in [0.1, 0.15) is 37.9 Å². The van der Waals surface area contributed by atoms with Gasteiger partial charge in [0.15, 0.2) is 11.8 Å². The summed E-state index contributed by atoms with van der Waals surface area (Å²) in [5.74, 6) is 2.20. The van der Waals surface area contributed by atoms with Crippen LogP contribution in [-0.2, 0) is 6.42 Å². The standard InChI is InChI=1S/C15H28N6O.HI/c1-3-16-15(17-8-7-14-19-13(2)20-22-14)18-9-12-21-10-5-4-6-11-21;/h3-12H2,1-2H3,(H2,16,17,18);1H. The number of hydrogen-bond donors (Lipinski definition) is 2. The summed E-state index contributed by atoms with van der Waals surface area (Å²) >= 11 is 0. The van der Waals surface area contributed by atoms with Crippen LogP contribution in [0.3, 0.4) is 0 Å². The molecule has 1 fully saturated rings. The topological polar surface area (TPSA) is 78.6 Å². The number of rotatable bonds is 7. The summed E-state index contributed by atoms with van der Waals surface area (Å²) in [5.41, 5.74) is 0. The molecule has 2 heterocycles. The maximum Gasteiger partial charge on any atom is 0.228 e. The van der Waals surface area contributed by atoms with Gasteiger partial charge in [0.1, 0.15) is 0 Å². The summed E-state index contributed by atoms with van der Waals surface area (Å²) in [6.07, 6.45) is 4.73.